The number of hydrogen-bond acceptors (Lipinski definition) is 3. The Bertz CT molecular complexity index is 437. The minimum Gasteiger partial charge on any atom is -0.507 e. The van der Waals surface area contributed by atoms with E-state index in [2.05, 4.69) is 17.6 Å². The summed E-state index contributed by atoms with van der Waals surface area (Å²) in [5.41, 5.74) is 1.29. The van der Waals surface area contributed by atoms with E-state index in [-0.39, 0.29) is 17.7 Å². The fourth-order valence-corrected chi connectivity index (χ4v) is 2.22. The summed E-state index contributed by atoms with van der Waals surface area (Å²) < 4.78 is 0. The highest BCUT2D eigenvalue weighted by atomic mass is 16.3. The molecule has 0 saturated carbocycles. The molecular weight excluding hydrogens is 228 g/mol. The molecule has 18 heavy (non-hydrogen) atoms. The third-order valence-electron chi connectivity index (χ3n) is 3.39. The van der Waals surface area contributed by atoms with Crippen molar-refractivity contribution in [3.63, 3.8) is 0 Å². The van der Waals surface area contributed by atoms with Gasteiger partial charge in [-0.25, -0.2) is 0 Å². The van der Waals surface area contributed by atoms with Gasteiger partial charge in [-0.05, 0) is 44.4 Å². The third kappa shape index (κ3) is 3.01. The molecule has 0 bridgehead atoms. The zero-order valence-electron chi connectivity index (χ0n) is 10.9. The van der Waals surface area contributed by atoms with Gasteiger partial charge in [-0.2, -0.15) is 0 Å². The standard InChI is InChI=1S/C14H20N2O2/c1-9-3-6-12(13(17)7-9)14(18)16-11-5-4-10(2)15-8-11/h3,6-7,10-11,15,17H,4-5,8H2,1-2H3,(H,16,18). The van der Waals surface area contributed by atoms with Gasteiger partial charge in [0.05, 0.1) is 5.56 Å². The number of carbonyl (C=O) groups is 1. The van der Waals surface area contributed by atoms with Crippen LogP contribution in [0, 0.1) is 6.92 Å². The van der Waals surface area contributed by atoms with E-state index in [0.717, 1.165) is 24.9 Å². The predicted octanol–water partition coefficient (Wildman–Crippen LogP) is 1.57. The fourth-order valence-electron chi connectivity index (χ4n) is 2.22. The summed E-state index contributed by atoms with van der Waals surface area (Å²) in [4.78, 5) is 12.0. The molecule has 0 aliphatic carbocycles. The van der Waals surface area contributed by atoms with Crippen molar-refractivity contribution < 1.29 is 9.90 Å². The van der Waals surface area contributed by atoms with Crippen molar-refractivity contribution in [3.05, 3.63) is 29.3 Å². The first kappa shape index (κ1) is 12.9. The number of rotatable bonds is 2. The number of aryl methyl sites for hydroxylation is 1. The van der Waals surface area contributed by atoms with E-state index in [1.54, 1.807) is 12.1 Å². The van der Waals surface area contributed by atoms with Gasteiger partial charge in [-0.15, -0.1) is 0 Å². The van der Waals surface area contributed by atoms with Gasteiger partial charge in [-0.3, -0.25) is 4.79 Å². The molecule has 3 N–H and O–H groups in total. The molecule has 2 unspecified atom stereocenters. The molecule has 1 aliphatic rings. The SMILES string of the molecule is Cc1ccc(C(=O)NC2CCC(C)NC2)c(O)c1. The van der Waals surface area contributed by atoms with Crippen molar-refractivity contribution in [2.24, 2.45) is 0 Å². The highest BCUT2D eigenvalue weighted by Gasteiger charge is 2.20. The van der Waals surface area contributed by atoms with Crippen LogP contribution < -0.4 is 10.6 Å². The van der Waals surface area contributed by atoms with Gasteiger partial charge >= 0.3 is 0 Å². The fraction of sp³-hybridized carbons (Fsp3) is 0.500. The third-order valence-corrected chi connectivity index (χ3v) is 3.39. The van der Waals surface area contributed by atoms with Crippen LogP contribution in [0.5, 0.6) is 5.75 Å². The molecule has 2 atom stereocenters. The minimum absolute atomic E-state index is 0.0460. The zero-order valence-corrected chi connectivity index (χ0v) is 10.9. The molecule has 4 nitrogen and oxygen atoms in total. The molecule has 0 aromatic heterocycles. The molecule has 1 heterocycles. The smallest absolute Gasteiger partial charge is 0.255 e. The van der Waals surface area contributed by atoms with Gasteiger partial charge in [-0.1, -0.05) is 6.07 Å². The molecule has 0 radical (unpaired) electrons. The van der Waals surface area contributed by atoms with Crippen LogP contribution in [0.25, 0.3) is 0 Å². The first-order chi connectivity index (χ1) is 8.56. The Labute approximate surface area is 107 Å². The largest absolute Gasteiger partial charge is 0.507 e. The molecule has 4 heteroatoms. The number of amides is 1. The van der Waals surface area contributed by atoms with E-state index in [9.17, 15) is 9.90 Å². The molecule has 1 aromatic rings. The summed E-state index contributed by atoms with van der Waals surface area (Å²) in [6.45, 7) is 4.82. The summed E-state index contributed by atoms with van der Waals surface area (Å²) in [5, 5.41) is 16.0. The maximum Gasteiger partial charge on any atom is 0.255 e. The lowest BCUT2D eigenvalue weighted by atomic mass is 10.0. The van der Waals surface area contributed by atoms with E-state index >= 15 is 0 Å². The second kappa shape index (κ2) is 5.40. The number of aromatic hydroxyl groups is 1. The number of carbonyl (C=O) groups excluding carboxylic acids is 1. The van der Waals surface area contributed by atoms with Crippen molar-refractivity contribution >= 4 is 5.91 Å². The molecular formula is C14H20N2O2. The second-order valence-electron chi connectivity index (χ2n) is 5.08. The highest BCUT2D eigenvalue weighted by molar-refractivity contribution is 5.97. The van der Waals surface area contributed by atoms with Crippen molar-refractivity contribution in [3.8, 4) is 5.75 Å². The first-order valence-corrected chi connectivity index (χ1v) is 6.40. The first-order valence-electron chi connectivity index (χ1n) is 6.40. The van der Waals surface area contributed by atoms with E-state index in [4.69, 9.17) is 0 Å². The molecule has 1 amide bonds. The van der Waals surface area contributed by atoms with E-state index in [1.807, 2.05) is 13.0 Å². The van der Waals surface area contributed by atoms with E-state index in [0.29, 0.717) is 11.6 Å². The number of benzene rings is 1. The van der Waals surface area contributed by atoms with E-state index in [1.165, 1.54) is 0 Å². The average molecular weight is 248 g/mol. The Morgan fingerprint density at radius 1 is 1.44 bits per heavy atom. The molecule has 1 fully saturated rings. The van der Waals surface area contributed by atoms with Crippen molar-refractivity contribution in [2.75, 3.05) is 6.54 Å². The number of phenols is 1. The van der Waals surface area contributed by atoms with Crippen LogP contribution in [0.15, 0.2) is 18.2 Å². The Morgan fingerprint density at radius 2 is 2.22 bits per heavy atom. The quantitative estimate of drug-likeness (QED) is 0.744. The van der Waals surface area contributed by atoms with Crippen LogP contribution in [0.2, 0.25) is 0 Å². The predicted molar refractivity (Wildman–Crippen MR) is 70.8 cm³/mol. The summed E-state index contributed by atoms with van der Waals surface area (Å²) in [7, 11) is 0. The summed E-state index contributed by atoms with van der Waals surface area (Å²) >= 11 is 0. The lowest BCUT2D eigenvalue weighted by Gasteiger charge is -2.28. The van der Waals surface area contributed by atoms with Gasteiger partial charge in [0.2, 0.25) is 0 Å². The maximum atomic E-state index is 12.0. The normalized spacial score (nSPS) is 23.7. The van der Waals surface area contributed by atoms with Gasteiger partial charge in [0.15, 0.2) is 0 Å². The highest BCUT2D eigenvalue weighted by Crippen LogP contribution is 2.18. The Kier molecular flexibility index (Phi) is 3.87. The topological polar surface area (TPSA) is 61.4 Å². The summed E-state index contributed by atoms with van der Waals surface area (Å²) in [6.07, 6.45) is 2.04. The lowest BCUT2D eigenvalue weighted by molar-refractivity contribution is 0.0925. The molecule has 1 aromatic carbocycles. The number of piperidine rings is 1. The second-order valence-corrected chi connectivity index (χ2v) is 5.08. The van der Waals surface area contributed by atoms with Crippen LogP contribution in [-0.2, 0) is 0 Å². The molecule has 2 rings (SSSR count). The Balaban J connectivity index is 1.99. The summed E-state index contributed by atoms with van der Waals surface area (Å²) in [5.74, 6) is -0.154. The number of phenolic OH excluding ortho intramolecular Hbond substituents is 1. The lowest BCUT2D eigenvalue weighted by Crippen LogP contribution is -2.48. The Morgan fingerprint density at radius 3 is 2.83 bits per heavy atom. The number of nitrogens with one attached hydrogen (secondary N) is 2. The summed E-state index contributed by atoms with van der Waals surface area (Å²) in [6, 6.07) is 5.77. The van der Waals surface area contributed by atoms with Crippen LogP contribution in [0.1, 0.15) is 35.7 Å². The Hall–Kier alpha value is -1.55. The van der Waals surface area contributed by atoms with Gasteiger partial charge < -0.3 is 15.7 Å². The van der Waals surface area contributed by atoms with Crippen molar-refractivity contribution in [1.82, 2.24) is 10.6 Å². The van der Waals surface area contributed by atoms with Crippen LogP contribution in [-0.4, -0.2) is 29.6 Å². The van der Waals surface area contributed by atoms with Crippen LogP contribution in [0.4, 0.5) is 0 Å². The number of hydrogen-bond donors (Lipinski definition) is 3. The van der Waals surface area contributed by atoms with Crippen LogP contribution >= 0.6 is 0 Å². The molecule has 98 valence electrons. The van der Waals surface area contributed by atoms with Crippen molar-refractivity contribution in [2.45, 2.75) is 38.8 Å². The van der Waals surface area contributed by atoms with Crippen LogP contribution in [0.3, 0.4) is 0 Å². The van der Waals surface area contributed by atoms with Crippen molar-refractivity contribution in [1.29, 1.82) is 0 Å². The maximum absolute atomic E-state index is 12.0. The average Bonchev–Trinajstić information content (AvgIpc) is 2.32. The van der Waals surface area contributed by atoms with Gasteiger partial charge in [0.1, 0.15) is 5.75 Å². The minimum atomic E-state index is -0.200. The molecule has 1 aliphatic heterocycles. The van der Waals surface area contributed by atoms with Gasteiger partial charge in [0, 0.05) is 18.6 Å². The molecule has 0 spiro atoms. The van der Waals surface area contributed by atoms with E-state index < -0.39 is 0 Å². The monoisotopic (exact) mass is 248 g/mol. The zero-order chi connectivity index (χ0) is 13.1. The van der Waals surface area contributed by atoms with Gasteiger partial charge in [0.25, 0.3) is 5.91 Å². The molecule has 1 saturated heterocycles.